The monoisotopic (exact) mass is 479 g/mol. The van der Waals surface area contributed by atoms with E-state index in [0.29, 0.717) is 30.0 Å². The molecule has 0 bridgehead atoms. The first kappa shape index (κ1) is 24.9. The molecule has 2 atom stereocenters. The molecule has 4 rings (SSSR count). The second-order valence-electron chi connectivity index (χ2n) is 9.50. The van der Waals surface area contributed by atoms with E-state index in [-0.39, 0.29) is 17.6 Å². The Hall–Kier alpha value is -3.20. The number of likely N-dealkylation sites (tertiary alicyclic amines) is 1. The highest BCUT2D eigenvalue weighted by Gasteiger charge is 2.25. The van der Waals surface area contributed by atoms with E-state index >= 15 is 0 Å². The summed E-state index contributed by atoms with van der Waals surface area (Å²) < 4.78 is 0. The number of rotatable bonds is 8. The van der Waals surface area contributed by atoms with Gasteiger partial charge in [-0.25, -0.2) is 9.97 Å². The predicted octanol–water partition coefficient (Wildman–Crippen LogP) is 3.38. The van der Waals surface area contributed by atoms with Crippen molar-refractivity contribution in [1.29, 1.82) is 0 Å². The first-order valence-corrected chi connectivity index (χ1v) is 12.7. The molecule has 1 aliphatic heterocycles. The number of piperidine rings is 1. The van der Waals surface area contributed by atoms with Gasteiger partial charge in [0, 0.05) is 37.3 Å². The molecule has 2 aromatic rings. The molecule has 0 unspecified atom stereocenters. The van der Waals surface area contributed by atoms with Gasteiger partial charge >= 0.3 is 0 Å². The molecule has 2 heterocycles. The Morgan fingerprint density at radius 3 is 2.37 bits per heavy atom. The number of amides is 2. The lowest BCUT2D eigenvalue weighted by molar-refractivity contribution is -0.131. The molecule has 2 aliphatic rings. The van der Waals surface area contributed by atoms with Crippen LogP contribution in [-0.4, -0.2) is 58.9 Å². The lowest BCUT2D eigenvalue weighted by atomic mass is 9.89. The van der Waals surface area contributed by atoms with Gasteiger partial charge in [-0.05, 0) is 56.3 Å². The average Bonchev–Trinajstić information content (AvgIpc) is 2.89. The summed E-state index contributed by atoms with van der Waals surface area (Å²) in [5.74, 6) is 1.01. The highest BCUT2D eigenvalue weighted by molar-refractivity contribution is 5.96. The van der Waals surface area contributed by atoms with Crippen LogP contribution in [0, 0.1) is 0 Å². The van der Waals surface area contributed by atoms with Crippen LogP contribution in [0.25, 0.3) is 0 Å². The number of benzene rings is 1. The van der Waals surface area contributed by atoms with Crippen molar-refractivity contribution in [1.82, 2.24) is 20.2 Å². The summed E-state index contributed by atoms with van der Waals surface area (Å²) >= 11 is 0. The summed E-state index contributed by atoms with van der Waals surface area (Å²) in [5, 5.41) is 10.1. The molecular weight excluding hydrogens is 442 g/mol. The van der Waals surface area contributed by atoms with Gasteiger partial charge in [0.15, 0.2) is 11.5 Å². The molecule has 188 valence electrons. The molecule has 35 heavy (non-hydrogen) atoms. The Morgan fingerprint density at radius 2 is 1.74 bits per heavy atom. The van der Waals surface area contributed by atoms with E-state index in [1.807, 2.05) is 31.0 Å². The van der Waals surface area contributed by atoms with Crippen molar-refractivity contribution in [2.75, 3.05) is 30.8 Å². The average molecular weight is 480 g/mol. The quantitative estimate of drug-likeness (QED) is 0.457. The first-order chi connectivity index (χ1) is 17.0. The molecule has 2 fully saturated rings. The van der Waals surface area contributed by atoms with Gasteiger partial charge in [-0.15, -0.1) is 0 Å². The molecule has 0 radical (unpaired) electrons. The predicted molar refractivity (Wildman–Crippen MR) is 138 cm³/mol. The zero-order chi connectivity index (χ0) is 24.8. The summed E-state index contributed by atoms with van der Waals surface area (Å²) in [5.41, 5.74) is 7.75. The van der Waals surface area contributed by atoms with Crippen LogP contribution in [0.15, 0.2) is 30.5 Å². The van der Waals surface area contributed by atoms with Crippen molar-refractivity contribution in [3.63, 3.8) is 0 Å². The molecule has 9 heteroatoms. The summed E-state index contributed by atoms with van der Waals surface area (Å²) in [6, 6.07) is 8.81. The maximum absolute atomic E-state index is 12.0. The molecule has 1 aromatic carbocycles. The van der Waals surface area contributed by atoms with Gasteiger partial charge in [-0.1, -0.05) is 31.9 Å². The number of aromatic nitrogens is 2. The highest BCUT2D eigenvalue weighted by Crippen LogP contribution is 2.30. The van der Waals surface area contributed by atoms with E-state index in [0.717, 1.165) is 44.5 Å². The number of carbonyl (C=O) groups excluding carboxylic acids is 2. The molecule has 9 nitrogen and oxygen atoms in total. The fraction of sp³-hybridized carbons (Fsp3) is 0.538. The molecule has 0 spiro atoms. The van der Waals surface area contributed by atoms with Crippen LogP contribution in [0.2, 0.25) is 0 Å². The maximum Gasteiger partial charge on any atom is 0.271 e. The van der Waals surface area contributed by atoms with E-state index in [2.05, 4.69) is 38.1 Å². The van der Waals surface area contributed by atoms with Crippen LogP contribution in [0.1, 0.15) is 73.8 Å². The van der Waals surface area contributed by atoms with Crippen LogP contribution < -0.4 is 21.7 Å². The smallest absolute Gasteiger partial charge is 0.271 e. The number of primary amides is 1. The number of nitrogens with one attached hydrogen (secondary N) is 3. The van der Waals surface area contributed by atoms with Crippen LogP contribution in [0.5, 0.6) is 0 Å². The van der Waals surface area contributed by atoms with E-state index in [1.165, 1.54) is 18.4 Å². The fourth-order valence-corrected chi connectivity index (χ4v) is 5.23. The zero-order valence-electron chi connectivity index (χ0n) is 20.7. The van der Waals surface area contributed by atoms with Crippen molar-refractivity contribution in [3.05, 3.63) is 41.7 Å². The summed E-state index contributed by atoms with van der Waals surface area (Å²) in [7, 11) is 1.98. The Kier molecular flexibility index (Phi) is 8.17. The molecule has 1 saturated heterocycles. The Bertz CT molecular complexity index is 1020. The second-order valence-corrected chi connectivity index (χ2v) is 9.50. The van der Waals surface area contributed by atoms with Gasteiger partial charge < -0.3 is 26.6 Å². The zero-order valence-corrected chi connectivity index (χ0v) is 20.7. The number of hydrogen-bond acceptors (Lipinski definition) is 7. The normalized spacial score (nSPS) is 20.9. The minimum absolute atomic E-state index is 0.112. The highest BCUT2D eigenvalue weighted by atomic mass is 16.2. The van der Waals surface area contributed by atoms with Gasteiger partial charge in [0.1, 0.15) is 5.82 Å². The second kappa shape index (κ2) is 11.5. The third kappa shape index (κ3) is 6.08. The molecule has 1 aliphatic carbocycles. The molecule has 2 amide bonds. The summed E-state index contributed by atoms with van der Waals surface area (Å²) in [6.07, 6.45) is 8.65. The van der Waals surface area contributed by atoms with E-state index in [4.69, 9.17) is 5.73 Å². The molecule has 1 saturated carbocycles. The number of anilines is 3. The lowest BCUT2D eigenvalue weighted by Crippen LogP contribution is -2.44. The SMILES string of the molecule is CCC(=O)N1CCC(c2ccc(Nc3nc(N[C@@H]4CCCC[C@@H]4NC)cnc3C(N)=O)cc2)CC1. The van der Waals surface area contributed by atoms with Crippen molar-refractivity contribution in [2.45, 2.75) is 69.9 Å². The summed E-state index contributed by atoms with van der Waals surface area (Å²) in [4.78, 5) is 34.8. The number of hydrogen-bond donors (Lipinski definition) is 4. The maximum atomic E-state index is 12.0. The van der Waals surface area contributed by atoms with Crippen molar-refractivity contribution >= 4 is 29.1 Å². The molecular formula is C26H37N7O2. The third-order valence-corrected chi connectivity index (χ3v) is 7.27. The standard InChI is InChI=1S/C26H37N7O2/c1-3-23(34)33-14-12-18(13-15-33)17-8-10-19(11-9-17)30-26-24(25(27)35)29-16-22(32-26)31-21-7-5-4-6-20(21)28-2/h8-11,16,18,20-21,28H,3-7,12-15H2,1-2H3,(H2,27,35)(H2,30,31,32)/t20-,21+/m0/s1. The van der Waals surface area contributed by atoms with E-state index < -0.39 is 5.91 Å². The number of nitrogens with two attached hydrogens (primary N) is 1. The largest absolute Gasteiger partial charge is 0.364 e. The Labute approximate surface area is 207 Å². The van der Waals surface area contributed by atoms with Gasteiger partial charge in [-0.3, -0.25) is 9.59 Å². The number of nitrogens with zero attached hydrogens (tertiary/aromatic N) is 3. The van der Waals surface area contributed by atoms with E-state index in [9.17, 15) is 9.59 Å². The van der Waals surface area contributed by atoms with Crippen LogP contribution >= 0.6 is 0 Å². The Balaban J connectivity index is 1.44. The molecule has 1 aromatic heterocycles. The number of likely N-dealkylation sites (N-methyl/N-ethyl adjacent to an activating group) is 1. The van der Waals surface area contributed by atoms with E-state index in [1.54, 1.807) is 6.20 Å². The number of carbonyl (C=O) groups is 2. The van der Waals surface area contributed by atoms with Gasteiger partial charge in [0.2, 0.25) is 5.91 Å². The third-order valence-electron chi connectivity index (χ3n) is 7.27. The van der Waals surface area contributed by atoms with Gasteiger partial charge in [0.25, 0.3) is 5.91 Å². The van der Waals surface area contributed by atoms with Crippen LogP contribution in [-0.2, 0) is 4.79 Å². The van der Waals surface area contributed by atoms with Crippen molar-refractivity contribution < 1.29 is 9.59 Å². The van der Waals surface area contributed by atoms with Gasteiger partial charge in [-0.2, -0.15) is 0 Å². The van der Waals surface area contributed by atoms with Gasteiger partial charge in [0.05, 0.1) is 6.20 Å². The first-order valence-electron chi connectivity index (χ1n) is 12.7. The van der Waals surface area contributed by atoms with Crippen molar-refractivity contribution in [3.8, 4) is 0 Å². The fourth-order valence-electron chi connectivity index (χ4n) is 5.23. The van der Waals surface area contributed by atoms with Crippen LogP contribution in [0.4, 0.5) is 17.3 Å². The molecule has 5 N–H and O–H groups in total. The lowest BCUT2D eigenvalue weighted by Gasteiger charge is -2.32. The van der Waals surface area contributed by atoms with Crippen LogP contribution in [0.3, 0.4) is 0 Å². The Morgan fingerprint density at radius 1 is 1.06 bits per heavy atom. The minimum Gasteiger partial charge on any atom is -0.364 e. The van der Waals surface area contributed by atoms with Crippen molar-refractivity contribution in [2.24, 2.45) is 5.73 Å². The topological polar surface area (TPSA) is 125 Å². The summed E-state index contributed by atoms with van der Waals surface area (Å²) in [6.45, 7) is 3.53. The minimum atomic E-state index is -0.623.